The summed E-state index contributed by atoms with van der Waals surface area (Å²) in [7, 11) is 0. The van der Waals surface area contributed by atoms with E-state index in [4.69, 9.17) is 4.74 Å². The number of nitrogens with one attached hydrogen (secondary N) is 1. The number of carbonyl (C=O) groups excluding carboxylic acids is 1. The lowest BCUT2D eigenvalue weighted by Gasteiger charge is -2.26. The Morgan fingerprint density at radius 2 is 2.16 bits per heavy atom. The van der Waals surface area contributed by atoms with Crippen molar-refractivity contribution in [1.82, 2.24) is 9.88 Å². The number of nitrogens with zero attached hydrogens (tertiary/aromatic N) is 2. The van der Waals surface area contributed by atoms with Crippen molar-refractivity contribution in [3.8, 4) is 5.88 Å². The van der Waals surface area contributed by atoms with Crippen molar-refractivity contribution in [1.29, 1.82) is 0 Å². The molecule has 0 aromatic carbocycles. The highest BCUT2D eigenvalue weighted by molar-refractivity contribution is 5.80. The van der Waals surface area contributed by atoms with Crippen LogP contribution in [-0.2, 0) is 4.79 Å². The summed E-state index contributed by atoms with van der Waals surface area (Å²) >= 11 is 0. The Hall–Kier alpha value is -1.78. The first-order valence-corrected chi connectivity index (χ1v) is 6.91. The van der Waals surface area contributed by atoms with Crippen LogP contribution in [0.5, 0.6) is 5.88 Å². The third kappa shape index (κ3) is 4.12. The molecule has 0 aliphatic carbocycles. The van der Waals surface area contributed by atoms with Gasteiger partial charge >= 0.3 is 0 Å². The van der Waals surface area contributed by atoms with E-state index in [9.17, 15) is 4.79 Å². The maximum absolute atomic E-state index is 12.0. The van der Waals surface area contributed by atoms with Gasteiger partial charge in [0.2, 0.25) is 11.8 Å². The molecule has 0 atom stereocenters. The number of pyridine rings is 1. The Balaban J connectivity index is 1.83. The third-order valence-electron chi connectivity index (χ3n) is 3.15. The van der Waals surface area contributed by atoms with E-state index in [1.54, 1.807) is 6.07 Å². The normalized spacial score (nSPS) is 15.1. The van der Waals surface area contributed by atoms with Crippen LogP contribution in [0.15, 0.2) is 18.2 Å². The Labute approximate surface area is 114 Å². The second-order valence-electron chi connectivity index (χ2n) is 4.59. The molecule has 1 saturated heterocycles. The number of aromatic nitrogens is 1. The summed E-state index contributed by atoms with van der Waals surface area (Å²) in [6, 6.07) is 5.51. The number of likely N-dealkylation sites (tertiary alicyclic amines) is 1. The van der Waals surface area contributed by atoms with Gasteiger partial charge in [0.05, 0.1) is 13.2 Å². The van der Waals surface area contributed by atoms with Gasteiger partial charge in [-0.25, -0.2) is 0 Å². The summed E-state index contributed by atoms with van der Waals surface area (Å²) in [6.07, 6.45) is 3.46. The van der Waals surface area contributed by atoms with Gasteiger partial charge in [-0.2, -0.15) is 4.98 Å². The van der Waals surface area contributed by atoms with E-state index in [1.807, 2.05) is 24.0 Å². The standard InChI is InChI=1S/C14H21N3O2/c1-2-19-13-8-6-7-12(16-13)15-11-14(18)17-9-4-3-5-10-17/h6-8H,2-5,9-11H2,1H3,(H,15,16). The fourth-order valence-electron chi connectivity index (χ4n) is 2.16. The summed E-state index contributed by atoms with van der Waals surface area (Å²) in [6.45, 7) is 4.56. The van der Waals surface area contributed by atoms with E-state index in [0.29, 0.717) is 24.8 Å². The predicted molar refractivity (Wildman–Crippen MR) is 74.3 cm³/mol. The lowest BCUT2D eigenvalue weighted by atomic mass is 10.1. The molecule has 1 N–H and O–H groups in total. The fraction of sp³-hybridized carbons (Fsp3) is 0.571. The van der Waals surface area contributed by atoms with Gasteiger partial charge in [0.1, 0.15) is 5.82 Å². The van der Waals surface area contributed by atoms with E-state index < -0.39 is 0 Å². The summed E-state index contributed by atoms with van der Waals surface area (Å²) in [4.78, 5) is 18.2. The average Bonchev–Trinajstić information content (AvgIpc) is 2.46. The number of ether oxygens (including phenoxy) is 1. The Morgan fingerprint density at radius 3 is 2.89 bits per heavy atom. The molecule has 0 spiro atoms. The van der Waals surface area contributed by atoms with Crippen LogP contribution < -0.4 is 10.1 Å². The fourth-order valence-corrected chi connectivity index (χ4v) is 2.16. The first kappa shape index (κ1) is 13.6. The van der Waals surface area contributed by atoms with Crippen molar-refractivity contribution in [2.75, 3.05) is 31.6 Å². The van der Waals surface area contributed by atoms with E-state index in [2.05, 4.69) is 10.3 Å². The highest BCUT2D eigenvalue weighted by Crippen LogP contribution is 2.12. The van der Waals surface area contributed by atoms with Gasteiger partial charge in [0, 0.05) is 19.2 Å². The molecule has 1 fully saturated rings. The summed E-state index contributed by atoms with van der Waals surface area (Å²) in [5.41, 5.74) is 0. The number of amides is 1. The van der Waals surface area contributed by atoms with E-state index in [1.165, 1.54) is 6.42 Å². The average molecular weight is 263 g/mol. The summed E-state index contributed by atoms with van der Waals surface area (Å²) in [5.74, 6) is 1.40. The van der Waals surface area contributed by atoms with Gasteiger partial charge in [-0.3, -0.25) is 4.79 Å². The van der Waals surface area contributed by atoms with Crippen LogP contribution in [0.3, 0.4) is 0 Å². The molecule has 1 aromatic heterocycles. The number of hydrogen-bond acceptors (Lipinski definition) is 4. The minimum atomic E-state index is 0.142. The van der Waals surface area contributed by atoms with Gasteiger partial charge in [-0.1, -0.05) is 6.07 Å². The Morgan fingerprint density at radius 1 is 1.37 bits per heavy atom. The molecule has 19 heavy (non-hydrogen) atoms. The van der Waals surface area contributed by atoms with Crippen molar-refractivity contribution in [2.45, 2.75) is 26.2 Å². The van der Waals surface area contributed by atoms with E-state index >= 15 is 0 Å². The first-order chi connectivity index (χ1) is 9.29. The molecular formula is C14H21N3O2. The van der Waals surface area contributed by atoms with Crippen LogP contribution in [0, 0.1) is 0 Å². The van der Waals surface area contributed by atoms with Crippen LogP contribution in [0.2, 0.25) is 0 Å². The Bertz CT molecular complexity index is 417. The zero-order chi connectivity index (χ0) is 13.5. The topological polar surface area (TPSA) is 54.5 Å². The monoisotopic (exact) mass is 263 g/mol. The van der Waals surface area contributed by atoms with Crippen LogP contribution in [-0.4, -0.2) is 42.0 Å². The molecule has 2 rings (SSSR count). The molecule has 1 aliphatic heterocycles. The van der Waals surface area contributed by atoms with Crippen molar-refractivity contribution in [3.05, 3.63) is 18.2 Å². The van der Waals surface area contributed by atoms with E-state index in [0.717, 1.165) is 25.9 Å². The summed E-state index contributed by atoms with van der Waals surface area (Å²) < 4.78 is 5.32. The van der Waals surface area contributed by atoms with Crippen molar-refractivity contribution in [2.24, 2.45) is 0 Å². The zero-order valence-electron chi connectivity index (χ0n) is 11.4. The van der Waals surface area contributed by atoms with Gasteiger partial charge in [-0.05, 0) is 32.3 Å². The van der Waals surface area contributed by atoms with Gasteiger partial charge in [0.15, 0.2) is 0 Å². The molecule has 1 aliphatic rings. The second kappa shape index (κ2) is 6.97. The molecule has 0 radical (unpaired) electrons. The van der Waals surface area contributed by atoms with Crippen molar-refractivity contribution in [3.63, 3.8) is 0 Å². The number of rotatable bonds is 5. The third-order valence-corrected chi connectivity index (χ3v) is 3.15. The van der Waals surface area contributed by atoms with Gasteiger partial charge < -0.3 is 15.0 Å². The molecule has 0 saturated carbocycles. The largest absolute Gasteiger partial charge is 0.478 e. The quantitative estimate of drug-likeness (QED) is 0.881. The smallest absolute Gasteiger partial charge is 0.241 e. The maximum Gasteiger partial charge on any atom is 0.241 e. The van der Waals surface area contributed by atoms with Crippen LogP contribution in [0.4, 0.5) is 5.82 Å². The SMILES string of the molecule is CCOc1cccc(NCC(=O)N2CCCCC2)n1. The molecule has 1 amide bonds. The molecule has 0 unspecified atom stereocenters. The minimum absolute atomic E-state index is 0.142. The second-order valence-corrected chi connectivity index (χ2v) is 4.59. The maximum atomic E-state index is 12.0. The highest BCUT2D eigenvalue weighted by Gasteiger charge is 2.15. The first-order valence-electron chi connectivity index (χ1n) is 6.91. The molecule has 5 nitrogen and oxygen atoms in total. The minimum Gasteiger partial charge on any atom is -0.478 e. The number of carbonyl (C=O) groups is 1. The van der Waals surface area contributed by atoms with Crippen molar-refractivity contribution < 1.29 is 9.53 Å². The van der Waals surface area contributed by atoms with Crippen LogP contribution in [0.25, 0.3) is 0 Å². The van der Waals surface area contributed by atoms with Gasteiger partial charge in [-0.15, -0.1) is 0 Å². The molecule has 1 aromatic rings. The molecule has 104 valence electrons. The lowest BCUT2D eigenvalue weighted by molar-refractivity contribution is -0.130. The molecule has 2 heterocycles. The summed E-state index contributed by atoms with van der Waals surface area (Å²) in [5, 5.41) is 3.06. The number of piperidine rings is 1. The predicted octanol–water partition coefficient (Wildman–Crippen LogP) is 1.90. The molecular weight excluding hydrogens is 242 g/mol. The lowest BCUT2D eigenvalue weighted by Crippen LogP contribution is -2.39. The zero-order valence-corrected chi connectivity index (χ0v) is 11.4. The number of hydrogen-bond donors (Lipinski definition) is 1. The number of anilines is 1. The van der Waals surface area contributed by atoms with Crippen molar-refractivity contribution >= 4 is 11.7 Å². The molecule has 0 bridgehead atoms. The highest BCUT2D eigenvalue weighted by atomic mass is 16.5. The van der Waals surface area contributed by atoms with Crippen LogP contribution in [0.1, 0.15) is 26.2 Å². The molecule has 5 heteroatoms. The van der Waals surface area contributed by atoms with Gasteiger partial charge in [0.25, 0.3) is 0 Å². The van der Waals surface area contributed by atoms with Crippen LogP contribution >= 0.6 is 0 Å². The van der Waals surface area contributed by atoms with E-state index in [-0.39, 0.29) is 5.91 Å². The Kier molecular flexibility index (Phi) is 5.01.